The van der Waals surface area contributed by atoms with Gasteiger partial charge in [-0.1, -0.05) is 18.2 Å². The summed E-state index contributed by atoms with van der Waals surface area (Å²) in [4.78, 5) is 25.5. The molecule has 98 valence electrons. The van der Waals surface area contributed by atoms with Crippen molar-refractivity contribution >= 4 is 19.5 Å². The highest BCUT2D eigenvalue weighted by molar-refractivity contribution is 6.10. The van der Waals surface area contributed by atoms with Gasteiger partial charge in [-0.3, -0.25) is 4.79 Å². The standard InChI is InChI=1S/C14H17BN2O2/c1-9-3-2-4-10(12(9)16-19)7-11-13(18)14(5-6-14)8-17(11)15/h2-4,11H,5-8,15H2,1H3. The van der Waals surface area contributed by atoms with E-state index in [0.717, 1.165) is 30.5 Å². The van der Waals surface area contributed by atoms with E-state index in [1.807, 2.05) is 33.1 Å². The molecule has 0 radical (unpaired) electrons. The van der Waals surface area contributed by atoms with E-state index in [1.54, 1.807) is 0 Å². The molecule has 0 aromatic heterocycles. The van der Waals surface area contributed by atoms with Gasteiger partial charge in [0, 0.05) is 12.0 Å². The lowest BCUT2D eigenvalue weighted by molar-refractivity contribution is -0.123. The highest BCUT2D eigenvalue weighted by Crippen LogP contribution is 2.52. The van der Waals surface area contributed by atoms with Crippen molar-refractivity contribution in [3.63, 3.8) is 0 Å². The summed E-state index contributed by atoms with van der Waals surface area (Å²) in [7, 11) is 2.00. The van der Waals surface area contributed by atoms with Crippen LogP contribution in [0.3, 0.4) is 0 Å². The van der Waals surface area contributed by atoms with Gasteiger partial charge in [-0.25, -0.2) is 0 Å². The second kappa shape index (κ2) is 4.27. The number of Topliss-reactive ketones (excluding diaryl/α,β-unsaturated/α-hetero) is 1. The number of ketones is 1. The third-order valence-corrected chi connectivity index (χ3v) is 4.59. The van der Waals surface area contributed by atoms with Gasteiger partial charge in [-0.05, 0) is 42.5 Å². The zero-order valence-corrected chi connectivity index (χ0v) is 11.3. The van der Waals surface area contributed by atoms with Crippen molar-refractivity contribution in [2.24, 2.45) is 10.6 Å². The van der Waals surface area contributed by atoms with Gasteiger partial charge in [0.1, 0.15) is 5.69 Å². The largest absolute Gasteiger partial charge is 0.339 e. The summed E-state index contributed by atoms with van der Waals surface area (Å²) in [5.74, 6) is 0.355. The maximum Gasteiger partial charge on any atom is 0.186 e. The molecule has 2 fully saturated rings. The number of rotatable bonds is 3. The third kappa shape index (κ3) is 1.92. The highest BCUT2D eigenvalue weighted by atomic mass is 16.3. The van der Waals surface area contributed by atoms with Crippen LogP contribution in [0.15, 0.2) is 23.4 Å². The van der Waals surface area contributed by atoms with E-state index < -0.39 is 0 Å². The molecule has 1 saturated carbocycles. The van der Waals surface area contributed by atoms with Crippen molar-refractivity contribution in [2.75, 3.05) is 6.54 Å². The Balaban J connectivity index is 1.88. The zero-order valence-electron chi connectivity index (χ0n) is 11.3. The number of nitrogens with zero attached hydrogens (tertiary/aromatic N) is 2. The van der Waals surface area contributed by atoms with Crippen molar-refractivity contribution in [1.82, 2.24) is 4.81 Å². The molecule has 1 aliphatic heterocycles. The van der Waals surface area contributed by atoms with Crippen molar-refractivity contribution in [2.45, 2.75) is 32.2 Å². The molecule has 0 N–H and O–H groups in total. The van der Waals surface area contributed by atoms with Crippen LogP contribution in [0.4, 0.5) is 5.69 Å². The van der Waals surface area contributed by atoms with Gasteiger partial charge >= 0.3 is 0 Å². The predicted molar refractivity (Wildman–Crippen MR) is 76.1 cm³/mol. The number of carbonyl (C=O) groups is 1. The minimum atomic E-state index is -0.0928. The lowest BCUT2D eigenvalue weighted by atomic mass is 9.94. The molecular formula is C14H17BN2O2. The Morgan fingerprint density at radius 1 is 1.47 bits per heavy atom. The van der Waals surface area contributed by atoms with E-state index in [1.165, 1.54) is 0 Å². The first-order valence-corrected chi connectivity index (χ1v) is 6.74. The van der Waals surface area contributed by atoms with Gasteiger partial charge in [-0.15, -0.1) is 4.91 Å². The summed E-state index contributed by atoms with van der Waals surface area (Å²) in [6.45, 7) is 2.75. The van der Waals surface area contributed by atoms with Gasteiger partial charge < -0.3 is 4.81 Å². The van der Waals surface area contributed by atoms with Crippen LogP contribution in [0.2, 0.25) is 0 Å². The number of benzene rings is 1. The molecule has 4 nitrogen and oxygen atoms in total. The second-order valence-corrected chi connectivity index (χ2v) is 5.95. The van der Waals surface area contributed by atoms with Gasteiger partial charge in [0.25, 0.3) is 0 Å². The SMILES string of the molecule is BN1CC2(CC2)C(=O)C1Cc1cccc(C)c1N=O. The molecule has 1 aromatic carbocycles. The minimum absolute atomic E-state index is 0.0575. The van der Waals surface area contributed by atoms with E-state index in [4.69, 9.17) is 0 Å². The molecule has 3 rings (SSSR count). The van der Waals surface area contributed by atoms with Crippen molar-refractivity contribution in [1.29, 1.82) is 0 Å². The lowest BCUT2D eigenvalue weighted by Crippen LogP contribution is -2.33. The fraction of sp³-hybridized carbons (Fsp3) is 0.500. The van der Waals surface area contributed by atoms with Crippen molar-refractivity contribution in [3.8, 4) is 0 Å². The van der Waals surface area contributed by atoms with Gasteiger partial charge in [0.05, 0.1) is 6.04 Å². The maximum atomic E-state index is 12.4. The maximum absolute atomic E-state index is 12.4. The van der Waals surface area contributed by atoms with Crippen LogP contribution in [0.25, 0.3) is 0 Å². The van der Waals surface area contributed by atoms with Gasteiger partial charge in [0.15, 0.2) is 13.8 Å². The van der Waals surface area contributed by atoms with Crippen LogP contribution >= 0.6 is 0 Å². The molecule has 1 aromatic rings. The van der Waals surface area contributed by atoms with E-state index in [2.05, 4.69) is 9.99 Å². The lowest BCUT2D eigenvalue weighted by Gasteiger charge is -2.19. The topological polar surface area (TPSA) is 49.7 Å². The number of carbonyl (C=O) groups excluding carboxylic acids is 1. The van der Waals surface area contributed by atoms with Crippen LogP contribution < -0.4 is 0 Å². The van der Waals surface area contributed by atoms with E-state index in [0.29, 0.717) is 17.9 Å². The molecule has 1 aliphatic carbocycles. The summed E-state index contributed by atoms with van der Waals surface area (Å²) in [6.07, 6.45) is 2.65. The monoisotopic (exact) mass is 256 g/mol. The van der Waals surface area contributed by atoms with Crippen LogP contribution in [0, 0.1) is 17.2 Å². The Labute approximate surface area is 113 Å². The molecule has 2 aliphatic rings. The molecular weight excluding hydrogens is 239 g/mol. The fourth-order valence-electron chi connectivity index (χ4n) is 3.25. The second-order valence-electron chi connectivity index (χ2n) is 5.95. The number of nitroso groups, excluding NO2 is 1. The fourth-order valence-corrected chi connectivity index (χ4v) is 3.25. The summed E-state index contributed by atoms with van der Waals surface area (Å²) >= 11 is 0. The van der Waals surface area contributed by atoms with E-state index in [-0.39, 0.29) is 11.5 Å². The summed E-state index contributed by atoms with van der Waals surface area (Å²) in [6, 6.07) is 5.61. The normalized spacial score (nSPS) is 24.9. The van der Waals surface area contributed by atoms with Crippen LogP contribution in [0.1, 0.15) is 24.0 Å². The summed E-state index contributed by atoms with van der Waals surface area (Å²) in [5.41, 5.74) is 2.21. The Kier molecular flexibility index (Phi) is 2.82. The molecule has 0 bridgehead atoms. The molecule has 1 saturated heterocycles. The van der Waals surface area contributed by atoms with Crippen LogP contribution in [0.5, 0.6) is 0 Å². The van der Waals surface area contributed by atoms with Gasteiger partial charge in [-0.2, -0.15) is 0 Å². The smallest absolute Gasteiger partial charge is 0.186 e. The van der Waals surface area contributed by atoms with E-state index in [9.17, 15) is 9.70 Å². The Morgan fingerprint density at radius 3 is 2.79 bits per heavy atom. The Morgan fingerprint density at radius 2 is 2.21 bits per heavy atom. The van der Waals surface area contributed by atoms with Crippen molar-refractivity contribution in [3.05, 3.63) is 34.2 Å². The molecule has 1 heterocycles. The predicted octanol–water partition coefficient (Wildman–Crippen LogP) is 1.52. The minimum Gasteiger partial charge on any atom is -0.339 e. The summed E-state index contributed by atoms with van der Waals surface area (Å²) in [5, 5.41) is 3.13. The number of hydrogen-bond acceptors (Lipinski definition) is 4. The summed E-state index contributed by atoms with van der Waals surface area (Å²) < 4.78 is 0. The molecule has 1 atom stereocenters. The molecule has 19 heavy (non-hydrogen) atoms. The average Bonchev–Trinajstić information content (AvgIpc) is 3.11. The first-order chi connectivity index (χ1) is 9.07. The van der Waals surface area contributed by atoms with Crippen LogP contribution in [-0.4, -0.2) is 31.2 Å². The molecule has 1 unspecified atom stereocenters. The molecule has 5 heteroatoms. The highest BCUT2D eigenvalue weighted by Gasteiger charge is 2.57. The first kappa shape index (κ1) is 12.5. The third-order valence-electron chi connectivity index (χ3n) is 4.59. The molecule has 1 spiro atoms. The Bertz CT molecular complexity index is 554. The van der Waals surface area contributed by atoms with E-state index >= 15 is 0 Å². The van der Waals surface area contributed by atoms with Crippen LogP contribution in [-0.2, 0) is 11.2 Å². The van der Waals surface area contributed by atoms with Crippen molar-refractivity contribution < 1.29 is 4.79 Å². The quantitative estimate of drug-likeness (QED) is 0.608. The Hall–Kier alpha value is -1.49. The average molecular weight is 256 g/mol. The number of aryl methyl sites for hydroxylation is 1. The number of hydrogen-bond donors (Lipinski definition) is 0. The first-order valence-electron chi connectivity index (χ1n) is 6.74. The van der Waals surface area contributed by atoms with Gasteiger partial charge in [0.2, 0.25) is 0 Å². The molecule has 0 amide bonds. The zero-order chi connectivity index (χ0) is 13.6.